The Morgan fingerprint density at radius 2 is 1.72 bits per heavy atom. The molecule has 1 aliphatic carbocycles. The number of rotatable bonds is 9. The molecule has 25 heavy (non-hydrogen) atoms. The SMILES string of the molecule is CCCCCCCOC(=O)C1CCC(O)(c2ccc(CC)cc2)CC1. The molecule has 3 heteroatoms. The summed E-state index contributed by atoms with van der Waals surface area (Å²) in [4.78, 5) is 12.2. The van der Waals surface area contributed by atoms with Crippen molar-refractivity contribution < 1.29 is 14.6 Å². The van der Waals surface area contributed by atoms with Gasteiger partial charge in [-0.2, -0.15) is 0 Å². The van der Waals surface area contributed by atoms with Crippen LogP contribution in [0.25, 0.3) is 0 Å². The molecule has 0 bridgehead atoms. The number of hydrogen-bond donors (Lipinski definition) is 1. The summed E-state index contributed by atoms with van der Waals surface area (Å²) in [6, 6.07) is 8.25. The highest BCUT2D eigenvalue weighted by atomic mass is 16.5. The van der Waals surface area contributed by atoms with Crippen molar-refractivity contribution in [2.75, 3.05) is 6.61 Å². The summed E-state index contributed by atoms with van der Waals surface area (Å²) in [6.45, 7) is 4.87. The molecule has 140 valence electrons. The van der Waals surface area contributed by atoms with Gasteiger partial charge in [-0.05, 0) is 49.7 Å². The second-order valence-electron chi connectivity index (χ2n) is 7.44. The average Bonchev–Trinajstić information content (AvgIpc) is 2.65. The van der Waals surface area contributed by atoms with Crippen molar-refractivity contribution in [1.29, 1.82) is 0 Å². The van der Waals surface area contributed by atoms with Crippen LogP contribution in [0, 0.1) is 5.92 Å². The van der Waals surface area contributed by atoms with Crippen molar-refractivity contribution in [1.82, 2.24) is 0 Å². The van der Waals surface area contributed by atoms with Gasteiger partial charge in [0, 0.05) is 0 Å². The lowest BCUT2D eigenvalue weighted by atomic mass is 9.75. The fourth-order valence-corrected chi connectivity index (χ4v) is 3.67. The van der Waals surface area contributed by atoms with Crippen LogP contribution in [0.15, 0.2) is 24.3 Å². The first-order valence-electron chi connectivity index (χ1n) is 10.1. The van der Waals surface area contributed by atoms with Crippen molar-refractivity contribution >= 4 is 5.97 Å². The van der Waals surface area contributed by atoms with E-state index in [1.807, 2.05) is 12.1 Å². The summed E-state index contributed by atoms with van der Waals surface area (Å²) >= 11 is 0. The standard InChI is InChI=1S/C22H34O3/c1-3-5-6-7-8-17-25-21(23)19-13-15-22(24,16-14-19)20-11-9-18(4-2)10-12-20/h9-12,19,24H,3-8,13-17H2,1-2H3. The maximum absolute atomic E-state index is 12.2. The molecule has 0 radical (unpaired) electrons. The highest BCUT2D eigenvalue weighted by Crippen LogP contribution is 2.40. The summed E-state index contributed by atoms with van der Waals surface area (Å²) in [5.41, 5.74) is 1.47. The lowest BCUT2D eigenvalue weighted by Gasteiger charge is -2.35. The third kappa shape index (κ3) is 5.85. The van der Waals surface area contributed by atoms with Crippen LogP contribution in [-0.4, -0.2) is 17.7 Å². The van der Waals surface area contributed by atoms with Gasteiger partial charge in [0.15, 0.2) is 0 Å². The van der Waals surface area contributed by atoms with Crippen molar-refractivity contribution in [2.45, 2.75) is 83.7 Å². The predicted molar refractivity (Wildman–Crippen MR) is 101 cm³/mol. The van der Waals surface area contributed by atoms with E-state index in [0.717, 1.165) is 24.8 Å². The van der Waals surface area contributed by atoms with Crippen LogP contribution >= 0.6 is 0 Å². The lowest BCUT2D eigenvalue weighted by Crippen LogP contribution is -2.34. The zero-order valence-corrected chi connectivity index (χ0v) is 15.9. The van der Waals surface area contributed by atoms with Crippen LogP contribution < -0.4 is 0 Å². The Morgan fingerprint density at radius 1 is 1.08 bits per heavy atom. The van der Waals surface area contributed by atoms with Crippen molar-refractivity contribution in [3.63, 3.8) is 0 Å². The number of ether oxygens (including phenoxy) is 1. The van der Waals surface area contributed by atoms with Gasteiger partial charge in [-0.3, -0.25) is 4.79 Å². The molecule has 0 spiro atoms. The van der Waals surface area contributed by atoms with Gasteiger partial charge in [0.05, 0.1) is 18.1 Å². The van der Waals surface area contributed by atoms with Gasteiger partial charge in [-0.1, -0.05) is 63.8 Å². The van der Waals surface area contributed by atoms with E-state index in [0.29, 0.717) is 32.3 Å². The van der Waals surface area contributed by atoms with E-state index in [4.69, 9.17) is 4.74 Å². The molecule has 0 atom stereocenters. The van der Waals surface area contributed by atoms with Crippen LogP contribution in [-0.2, 0) is 21.6 Å². The predicted octanol–water partition coefficient (Wildman–Crippen LogP) is 5.14. The Labute approximate surface area is 152 Å². The van der Waals surface area contributed by atoms with Crippen LogP contribution in [0.2, 0.25) is 0 Å². The zero-order chi connectivity index (χ0) is 18.1. The minimum atomic E-state index is -0.788. The fraction of sp³-hybridized carbons (Fsp3) is 0.682. The van der Waals surface area contributed by atoms with Gasteiger partial charge in [0.1, 0.15) is 0 Å². The normalized spacial score (nSPS) is 23.4. The summed E-state index contributed by atoms with van der Waals surface area (Å²) in [7, 11) is 0. The van der Waals surface area contributed by atoms with Gasteiger partial charge in [0.2, 0.25) is 0 Å². The Bertz CT molecular complexity index is 513. The Balaban J connectivity index is 1.75. The largest absolute Gasteiger partial charge is 0.465 e. The van der Waals surface area contributed by atoms with E-state index < -0.39 is 5.60 Å². The molecule has 1 N–H and O–H groups in total. The third-order valence-electron chi connectivity index (χ3n) is 5.54. The molecule has 0 amide bonds. The number of aliphatic hydroxyl groups is 1. The zero-order valence-electron chi connectivity index (χ0n) is 15.9. The summed E-state index contributed by atoms with van der Waals surface area (Å²) < 4.78 is 5.45. The Kier molecular flexibility index (Phi) is 7.95. The molecule has 0 unspecified atom stereocenters. The summed E-state index contributed by atoms with van der Waals surface area (Å²) in [5.74, 6) is -0.121. The molecular formula is C22H34O3. The molecular weight excluding hydrogens is 312 g/mol. The minimum Gasteiger partial charge on any atom is -0.465 e. The van der Waals surface area contributed by atoms with Crippen LogP contribution in [0.3, 0.4) is 0 Å². The minimum absolute atomic E-state index is 0.0502. The molecule has 0 aromatic heterocycles. The molecule has 1 aromatic carbocycles. The summed E-state index contributed by atoms with van der Waals surface area (Å²) in [5, 5.41) is 11.0. The quantitative estimate of drug-likeness (QED) is 0.497. The van der Waals surface area contributed by atoms with Gasteiger partial charge >= 0.3 is 5.97 Å². The van der Waals surface area contributed by atoms with E-state index in [9.17, 15) is 9.90 Å². The molecule has 0 saturated heterocycles. The number of benzene rings is 1. The molecule has 2 rings (SSSR count). The lowest BCUT2D eigenvalue weighted by molar-refractivity contribution is -0.152. The second-order valence-corrected chi connectivity index (χ2v) is 7.44. The van der Waals surface area contributed by atoms with Crippen molar-refractivity contribution in [3.05, 3.63) is 35.4 Å². The highest BCUT2D eigenvalue weighted by molar-refractivity contribution is 5.72. The number of esters is 1. The molecule has 0 aliphatic heterocycles. The number of carbonyl (C=O) groups is 1. The number of hydrogen-bond acceptors (Lipinski definition) is 3. The first-order valence-corrected chi connectivity index (χ1v) is 10.1. The van der Waals surface area contributed by atoms with Crippen molar-refractivity contribution in [3.8, 4) is 0 Å². The van der Waals surface area contributed by atoms with E-state index >= 15 is 0 Å². The molecule has 3 nitrogen and oxygen atoms in total. The summed E-state index contributed by atoms with van der Waals surface area (Å²) in [6.07, 6.45) is 9.50. The van der Waals surface area contributed by atoms with Gasteiger partial charge in [0.25, 0.3) is 0 Å². The molecule has 1 saturated carbocycles. The van der Waals surface area contributed by atoms with E-state index in [1.165, 1.54) is 24.8 Å². The van der Waals surface area contributed by atoms with E-state index in [1.54, 1.807) is 0 Å². The Hall–Kier alpha value is -1.35. The first kappa shape index (κ1) is 20.0. The van der Waals surface area contributed by atoms with Gasteiger partial charge in [-0.25, -0.2) is 0 Å². The second kappa shape index (κ2) is 9.96. The van der Waals surface area contributed by atoms with Crippen LogP contribution in [0.4, 0.5) is 0 Å². The van der Waals surface area contributed by atoms with Crippen LogP contribution in [0.5, 0.6) is 0 Å². The van der Waals surface area contributed by atoms with Crippen LogP contribution in [0.1, 0.15) is 82.8 Å². The molecule has 0 heterocycles. The van der Waals surface area contributed by atoms with E-state index in [-0.39, 0.29) is 11.9 Å². The smallest absolute Gasteiger partial charge is 0.308 e. The maximum Gasteiger partial charge on any atom is 0.308 e. The number of aryl methyl sites for hydroxylation is 1. The molecule has 1 aromatic rings. The fourth-order valence-electron chi connectivity index (χ4n) is 3.67. The van der Waals surface area contributed by atoms with Crippen molar-refractivity contribution in [2.24, 2.45) is 5.92 Å². The molecule has 1 aliphatic rings. The molecule has 1 fully saturated rings. The van der Waals surface area contributed by atoms with E-state index in [2.05, 4.69) is 26.0 Å². The number of carbonyl (C=O) groups excluding carboxylic acids is 1. The Morgan fingerprint density at radius 3 is 2.32 bits per heavy atom. The monoisotopic (exact) mass is 346 g/mol. The third-order valence-corrected chi connectivity index (χ3v) is 5.54. The van der Waals surface area contributed by atoms with Gasteiger partial charge < -0.3 is 9.84 Å². The van der Waals surface area contributed by atoms with Gasteiger partial charge in [-0.15, -0.1) is 0 Å². The average molecular weight is 347 g/mol. The number of unbranched alkanes of at least 4 members (excludes halogenated alkanes) is 4. The topological polar surface area (TPSA) is 46.5 Å². The highest BCUT2D eigenvalue weighted by Gasteiger charge is 2.37. The first-order chi connectivity index (χ1) is 12.1. The maximum atomic E-state index is 12.2.